The SMILES string of the molecule is CCCCCCCCCCCCCC(=O)NN=Cc1ccc(OC(=O)c2ccc(Cl)cc2)cc1OC(=O)c1ccc(Cl)cc1. The summed E-state index contributed by atoms with van der Waals surface area (Å²) in [6.45, 7) is 2.23. The second-order valence-electron chi connectivity index (χ2n) is 10.6. The number of nitrogens with one attached hydrogen (secondary N) is 1. The third-order valence-electron chi connectivity index (χ3n) is 6.96. The van der Waals surface area contributed by atoms with E-state index >= 15 is 0 Å². The Balaban J connectivity index is 1.54. The lowest BCUT2D eigenvalue weighted by molar-refractivity contribution is -0.121. The Morgan fingerprint density at radius 1 is 0.682 bits per heavy atom. The average Bonchev–Trinajstić information content (AvgIpc) is 3.01. The summed E-state index contributed by atoms with van der Waals surface area (Å²) >= 11 is 11.8. The number of nitrogens with zero attached hydrogens (tertiary/aromatic N) is 1. The van der Waals surface area contributed by atoms with Crippen LogP contribution in [-0.2, 0) is 4.79 Å². The van der Waals surface area contributed by atoms with Crippen molar-refractivity contribution in [1.29, 1.82) is 0 Å². The predicted octanol–water partition coefficient (Wildman–Crippen LogP) is 9.58. The summed E-state index contributed by atoms with van der Waals surface area (Å²) in [5, 5.41) is 5.03. The van der Waals surface area contributed by atoms with Crippen LogP contribution in [0.1, 0.15) is 110 Å². The number of carbonyl (C=O) groups excluding carboxylic acids is 3. The summed E-state index contributed by atoms with van der Waals surface area (Å²) in [5.41, 5.74) is 3.52. The van der Waals surface area contributed by atoms with Gasteiger partial charge in [-0.3, -0.25) is 4.79 Å². The molecule has 0 aliphatic rings. The monoisotopic (exact) mass is 638 g/mol. The molecule has 0 aromatic heterocycles. The van der Waals surface area contributed by atoms with Crippen molar-refractivity contribution in [3.8, 4) is 11.5 Å². The van der Waals surface area contributed by atoms with Crippen LogP contribution in [0.5, 0.6) is 11.5 Å². The molecule has 0 unspecified atom stereocenters. The van der Waals surface area contributed by atoms with Gasteiger partial charge in [0.1, 0.15) is 11.5 Å². The van der Waals surface area contributed by atoms with Crippen molar-refractivity contribution in [3.05, 3.63) is 93.5 Å². The van der Waals surface area contributed by atoms with E-state index in [9.17, 15) is 14.4 Å². The van der Waals surface area contributed by atoms with Gasteiger partial charge < -0.3 is 9.47 Å². The molecule has 7 nitrogen and oxygen atoms in total. The number of unbranched alkanes of at least 4 members (excludes halogenated alkanes) is 10. The van der Waals surface area contributed by atoms with E-state index in [4.69, 9.17) is 32.7 Å². The Labute approximate surface area is 269 Å². The zero-order valence-corrected chi connectivity index (χ0v) is 26.7. The largest absolute Gasteiger partial charge is 0.423 e. The summed E-state index contributed by atoms with van der Waals surface area (Å²) in [7, 11) is 0. The summed E-state index contributed by atoms with van der Waals surface area (Å²) in [6.07, 6.45) is 15.1. The van der Waals surface area contributed by atoms with Gasteiger partial charge in [-0.15, -0.1) is 0 Å². The second kappa shape index (κ2) is 19.6. The summed E-state index contributed by atoms with van der Waals surface area (Å²) in [5.74, 6) is -1.19. The van der Waals surface area contributed by atoms with E-state index in [-0.39, 0.29) is 23.0 Å². The molecule has 0 heterocycles. The highest BCUT2D eigenvalue weighted by atomic mass is 35.5. The van der Waals surface area contributed by atoms with E-state index in [0.717, 1.165) is 19.3 Å². The number of hydrogen-bond donors (Lipinski definition) is 1. The molecule has 0 fully saturated rings. The summed E-state index contributed by atoms with van der Waals surface area (Å²) in [4.78, 5) is 37.7. The molecular weight excluding hydrogens is 599 g/mol. The molecule has 234 valence electrons. The Morgan fingerprint density at radius 2 is 1.18 bits per heavy atom. The maximum Gasteiger partial charge on any atom is 0.343 e. The molecule has 3 aromatic rings. The van der Waals surface area contributed by atoms with Crippen molar-refractivity contribution >= 4 is 47.3 Å². The molecule has 9 heteroatoms. The van der Waals surface area contributed by atoms with Crippen LogP contribution in [0.2, 0.25) is 10.0 Å². The smallest absolute Gasteiger partial charge is 0.343 e. The molecule has 0 saturated carbocycles. The second-order valence-corrected chi connectivity index (χ2v) is 11.4. The molecule has 0 aliphatic heterocycles. The first kappa shape index (κ1) is 34.8. The number of hydrogen-bond acceptors (Lipinski definition) is 6. The van der Waals surface area contributed by atoms with Crippen molar-refractivity contribution in [1.82, 2.24) is 5.43 Å². The van der Waals surface area contributed by atoms with E-state index in [0.29, 0.717) is 27.6 Å². The van der Waals surface area contributed by atoms with Gasteiger partial charge in [-0.1, -0.05) is 94.3 Å². The minimum absolute atomic E-state index is 0.0923. The molecule has 44 heavy (non-hydrogen) atoms. The number of hydrazone groups is 1. The van der Waals surface area contributed by atoms with Crippen LogP contribution in [0, 0.1) is 0 Å². The normalized spacial score (nSPS) is 11.0. The molecule has 3 rings (SSSR count). The molecular formula is C35H40Cl2N2O5. The highest BCUT2D eigenvalue weighted by Gasteiger charge is 2.15. The van der Waals surface area contributed by atoms with Crippen molar-refractivity contribution in [2.75, 3.05) is 0 Å². The lowest BCUT2D eigenvalue weighted by Gasteiger charge is -2.11. The first-order chi connectivity index (χ1) is 21.4. The maximum absolute atomic E-state index is 12.8. The van der Waals surface area contributed by atoms with Crippen LogP contribution in [-0.4, -0.2) is 24.1 Å². The van der Waals surface area contributed by atoms with Gasteiger partial charge >= 0.3 is 11.9 Å². The third kappa shape index (κ3) is 12.9. The number of ether oxygens (including phenoxy) is 2. The van der Waals surface area contributed by atoms with Crippen molar-refractivity contribution in [3.63, 3.8) is 0 Å². The van der Waals surface area contributed by atoms with Gasteiger partial charge in [-0.2, -0.15) is 5.10 Å². The molecule has 0 bridgehead atoms. The molecule has 0 saturated heterocycles. The van der Waals surface area contributed by atoms with E-state index in [1.54, 1.807) is 48.5 Å². The number of benzene rings is 3. The molecule has 0 radical (unpaired) electrons. The fourth-order valence-corrected chi connectivity index (χ4v) is 4.70. The van der Waals surface area contributed by atoms with E-state index < -0.39 is 11.9 Å². The lowest BCUT2D eigenvalue weighted by Crippen LogP contribution is -2.17. The number of esters is 2. The fourth-order valence-electron chi connectivity index (χ4n) is 4.45. The average molecular weight is 640 g/mol. The third-order valence-corrected chi connectivity index (χ3v) is 7.46. The van der Waals surface area contributed by atoms with Crippen LogP contribution in [0.3, 0.4) is 0 Å². The summed E-state index contributed by atoms with van der Waals surface area (Å²) < 4.78 is 11.1. The van der Waals surface area contributed by atoms with Gasteiger partial charge in [0.25, 0.3) is 0 Å². The number of halogens is 2. The summed E-state index contributed by atoms with van der Waals surface area (Å²) in [6, 6.07) is 17.0. The first-order valence-electron chi connectivity index (χ1n) is 15.3. The van der Waals surface area contributed by atoms with E-state index in [1.165, 1.54) is 75.8 Å². The molecule has 1 amide bonds. The highest BCUT2D eigenvalue weighted by Crippen LogP contribution is 2.26. The van der Waals surface area contributed by atoms with E-state index in [1.807, 2.05) is 0 Å². The highest BCUT2D eigenvalue weighted by molar-refractivity contribution is 6.31. The number of rotatable bonds is 18. The minimum atomic E-state index is -0.641. The van der Waals surface area contributed by atoms with Crippen LogP contribution >= 0.6 is 23.2 Å². The molecule has 0 atom stereocenters. The lowest BCUT2D eigenvalue weighted by atomic mass is 10.1. The van der Waals surface area contributed by atoms with Crippen LogP contribution in [0.15, 0.2) is 71.8 Å². The van der Waals surface area contributed by atoms with Crippen molar-refractivity contribution in [2.24, 2.45) is 5.10 Å². The van der Waals surface area contributed by atoms with Crippen LogP contribution in [0.25, 0.3) is 0 Å². The van der Waals surface area contributed by atoms with E-state index in [2.05, 4.69) is 17.5 Å². The van der Waals surface area contributed by atoms with Gasteiger partial charge in [-0.05, 0) is 67.1 Å². The molecule has 3 aromatic carbocycles. The topological polar surface area (TPSA) is 94.1 Å². The minimum Gasteiger partial charge on any atom is -0.423 e. The van der Waals surface area contributed by atoms with Crippen LogP contribution in [0.4, 0.5) is 0 Å². The van der Waals surface area contributed by atoms with Gasteiger partial charge in [0.15, 0.2) is 0 Å². The first-order valence-corrected chi connectivity index (χ1v) is 16.0. The van der Waals surface area contributed by atoms with Gasteiger partial charge in [-0.25, -0.2) is 15.0 Å². The van der Waals surface area contributed by atoms with Gasteiger partial charge in [0.05, 0.1) is 17.3 Å². The van der Waals surface area contributed by atoms with Gasteiger partial charge in [0.2, 0.25) is 5.91 Å². The van der Waals surface area contributed by atoms with Gasteiger partial charge in [0, 0.05) is 28.1 Å². The molecule has 0 aliphatic carbocycles. The van der Waals surface area contributed by atoms with Crippen molar-refractivity contribution < 1.29 is 23.9 Å². The molecule has 1 N–H and O–H groups in total. The Bertz CT molecular complexity index is 1370. The maximum atomic E-state index is 12.8. The van der Waals surface area contributed by atoms with Crippen LogP contribution < -0.4 is 14.9 Å². The van der Waals surface area contributed by atoms with Crippen molar-refractivity contribution in [2.45, 2.75) is 84.0 Å². The standard InChI is InChI=1S/C35H40Cl2N2O5/c1-2-3-4-5-6-7-8-9-10-11-12-13-33(40)39-38-25-28-18-23-31(43-34(41)26-14-19-29(36)20-15-26)24-32(28)44-35(42)27-16-21-30(37)22-17-27/h14-25H,2-13H2,1H3,(H,39,40). The zero-order valence-electron chi connectivity index (χ0n) is 25.2. The fraction of sp³-hybridized carbons (Fsp3) is 0.371. The Kier molecular flexibility index (Phi) is 15.5. The molecule has 0 spiro atoms. The quantitative estimate of drug-likeness (QED) is 0.0492. The predicted molar refractivity (Wildman–Crippen MR) is 176 cm³/mol. The number of carbonyl (C=O) groups is 3. The Morgan fingerprint density at radius 3 is 1.73 bits per heavy atom. The zero-order chi connectivity index (χ0) is 31.6. The number of amides is 1. The Hall–Kier alpha value is -3.68.